The number of ether oxygens (including phenoxy) is 2. The van der Waals surface area contributed by atoms with Crippen LogP contribution in [0.2, 0.25) is 10.0 Å². The molecule has 3 aromatic rings. The molecule has 37 heavy (non-hydrogen) atoms. The monoisotopic (exact) mass is 613 g/mol. The van der Waals surface area contributed by atoms with Crippen molar-refractivity contribution in [3.8, 4) is 11.5 Å². The molecule has 10 heteroatoms. The Morgan fingerprint density at radius 1 is 1.14 bits per heavy atom. The average Bonchev–Trinajstić information content (AvgIpc) is 3.31. The van der Waals surface area contributed by atoms with Crippen molar-refractivity contribution in [1.29, 1.82) is 5.41 Å². The first kappa shape index (κ1) is 25.6. The van der Waals surface area contributed by atoms with Crippen molar-refractivity contribution < 1.29 is 14.3 Å². The molecule has 0 saturated heterocycles. The number of amidine groups is 2. The van der Waals surface area contributed by atoms with Crippen LogP contribution in [0.1, 0.15) is 16.7 Å². The van der Waals surface area contributed by atoms with Crippen LogP contribution in [0, 0.1) is 5.41 Å². The molecule has 0 radical (unpaired) electrons. The van der Waals surface area contributed by atoms with Crippen molar-refractivity contribution in [1.82, 2.24) is 4.90 Å². The Morgan fingerprint density at radius 3 is 2.65 bits per heavy atom. The summed E-state index contributed by atoms with van der Waals surface area (Å²) in [5.74, 6) is 0.514. The summed E-state index contributed by atoms with van der Waals surface area (Å²) in [6.45, 7) is 0.202. The predicted octanol–water partition coefficient (Wildman–Crippen LogP) is 7.65. The summed E-state index contributed by atoms with van der Waals surface area (Å²) in [7, 11) is 1.53. The molecule has 0 unspecified atom stereocenters. The smallest absolute Gasteiger partial charge is 0.283 e. The number of rotatable bonds is 6. The molecular weight excluding hydrogens is 597 g/mol. The first-order chi connectivity index (χ1) is 17.9. The number of fused-ring (bicyclic) bond motifs is 1. The first-order valence-corrected chi connectivity index (χ1v) is 13.4. The number of hydrogen-bond acceptors (Lipinski definition) is 5. The Balaban J connectivity index is 1.44. The molecular formula is C27H18BrCl2N3O3S. The minimum Gasteiger partial charge on any atom is -0.493 e. The van der Waals surface area contributed by atoms with Gasteiger partial charge in [0, 0.05) is 21.0 Å². The number of amides is 1. The predicted molar refractivity (Wildman–Crippen MR) is 153 cm³/mol. The van der Waals surface area contributed by atoms with E-state index in [2.05, 4.69) is 20.9 Å². The van der Waals surface area contributed by atoms with Crippen LogP contribution in [0.3, 0.4) is 0 Å². The van der Waals surface area contributed by atoms with E-state index in [0.717, 1.165) is 16.8 Å². The normalized spacial score (nSPS) is 16.0. The highest BCUT2D eigenvalue weighted by molar-refractivity contribution is 9.10. The molecule has 6 nitrogen and oxygen atoms in total. The molecule has 0 spiro atoms. The van der Waals surface area contributed by atoms with Crippen LogP contribution < -0.4 is 9.47 Å². The third kappa shape index (κ3) is 5.20. The molecule has 2 aliphatic rings. The summed E-state index contributed by atoms with van der Waals surface area (Å²) in [5.41, 5.74) is 3.32. The van der Waals surface area contributed by atoms with Gasteiger partial charge in [-0.2, -0.15) is 4.99 Å². The second-order valence-corrected chi connectivity index (χ2v) is 10.5. The van der Waals surface area contributed by atoms with Crippen molar-refractivity contribution in [3.63, 3.8) is 0 Å². The van der Waals surface area contributed by atoms with Crippen molar-refractivity contribution >= 4 is 79.6 Å². The molecule has 0 aliphatic carbocycles. The van der Waals surface area contributed by atoms with E-state index in [1.165, 1.54) is 18.9 Å². The average molecular weight is 615 g/mol. The van der Waals surface area contributed by atoms with Gasteiger partial charge in [0.1, 0.15) is 12.4 Å². The van der Waals surface area contributed by atoms with Gasteiger partial charge in [0.2, 0.25) is 0 Å². The molecule has 186 valence electrons. The lowest BCUT2D eigenvalue weighted by Crippen LogP contribution is -2.38. The van der Waals surface area contributed by atoms with E-state index >= 15 is 0 Å². The van der Waals surface area contributed by atoms with Gasteiger partial charge in [-0.25, -0.2) is 0 Å². The quantitative estimate of drug-likeness (QED) is 0.289. The number of carbonyl (C=O) groups excluding carboxylic acids is 1. The lowest BCUT2D eigenvalue weighted by atomic mass is 10.1. The van der Waals surface area contributed by atoms with E-state index in [1.54, 1.807) is 41.3 Å². The van der Waals surface area contributed by atoms with Crippen LogP contribution >= 0.6 is 50.9 Å². The van der Waals surface area contributed by atoms with Gasteiger partial charge in [0.15, 0.2) is 16.7 Å². The van der Waals surface area contributed by atoms with Gasteiger partial charge < -0.3 is 9.47 Å². The first-order valence-electron chi connectivity index (χ1n) is 11.0. The number of benzene rings is 3. The van der Waals surface area contributed by atoms with E-state index in [1.807, 2.05) is 35.7 Å². The third-order valence-corrected chi connectivity index (χ3v) is 7.64. The molecule has 0 fully saturated rings. The van der Waals surface area contributed by atoms with Crippen LogP contribution in [0.15, 0.2) is 81.1 Å². The molecule has 0 bridgehead atoms. The van der Waals surface area contributed by atoms with Crippen LogP contribution in [-0.4, -0.2) is 28.9 Å². The highest BCUT2D eigenvalue weighted by atomic mass is 79.9. The Hall–Kier alpha value is -3.04. The number of methoxy groups -OCH3 is 1. The maximum atomic E-state index is 12.9. The summed E-state index contributed by atoms with van der Waals surface area (Å²) in [6, 6.07) is 18.4. The van der Waals surface area contributed by atoms with E-state index in [4.69, 9.17) is 38.1 Å². The Bertz CT molecular complexity index is 1520. The van der Waals surface area contributed by atoms with Gasteiger partial charge in [-0.15, -0.1) is 0 Å². The minimum atomic E-state index is -0.473. The number of carbonyl (C=O) groups is 1. The van der Waals surface area contributed by atoms with Crippen LogP contribution in [0.25, 0.3) is 11.8 Å². The fourth-order valence-corrected chi connectivity index (χ4v) is 5.76. The lowest BCUT2D eigenvalue weighted by Gasteiger charge is -2.27. The number of hydrogen-bond donors (Lipinski definition) is 1. The molecule has 1 N–H and O–H groups in total. The molecule has 0 aromatic heterocycles. The Kier molecular flexibility index (Phi) is 7.44. The van der Waals surface area contributed by atoms with Gasteiger partial charge in [0.05, 0.1) is 22.9 Å². The summed E-state index contributed by atoms with van der Waals surface area (Å²) in [4.78, 5) is 18.8. The maximum absolute atomic E-state index is 12.9. The van der Waals surface area contributed by atoms with E-state index in [-0.39, 0.29) is 18.0 Å². The van der Waals surface area contributed by atoms with Crippen molar-refractivity contribution in [2.75, 3.05) is 7.11 Å². The summed E-state index contributed by atoms with van der Waals surface area (Å²) in [5, 5.41) is 12.3. The molecule has 2 aliphatic heterocycles. The number of halogens is 3. The fraction of sp³-hybridized carbons (Fsp3) is 0.0741. The van der Waals surface area contributed by atoms with Crippen molar-refractivity contribution in [3.05, 3.63) is 103 Å². The van der Waals surface area contributed by atoms with Gasteiger partial charge >= 0.3 is 0 Å². The van der Waals surface area contributed by atoms with Gasteiger partial charge in [-0.05, 0) is 57.4 Å². The maximum Gasteiger partial charge on any atom is 0.283 e. The SMILES string of the molecule is COc1cc(/C=C2/C(=N)N3C(c4ccccc4)=CSC3=NC2=O)cc(Br)c1OCc1ccc(Cl)cc1Cl. The van der Waals surface area contributed by atoms with Gasteiger partial charge in [-0.3, -0.25) is 15.1 Å². The lowest BCUT2D eigenvalue weighted by molar-refractivity contribution is -0.114. The van der Waals surface area contributed by atoms with E-state index < -0.39 is 5.91 Å². The zero-order chi connectivity index (χ0) is 26.1. The molecule has 0 saturated carbocycles. The van der Waals surface area contributed by atoms with Crippen LogP contribution in [0.5, 0.6) is 11.5 Å². The largest absolute Gasteiger partial charge is 0.493 e. The highest BCUT2D eigenvalue weighted by Crippen LogP contribution is 2.40. The molecule has 2 heterocycles. The van der Waals surface area contributed by atoms with Crippen LogP contribution in [0.4, 0.5) is 0 Å². The highest BCUT2D eigenvalue weighted by Gasteiger charge is 2.36. The molecule has 5 rings (SSSR count). The Labute approximate surface area is 236 Å². The van der Waals surface area contributed by atoms with E-state index in [0.29, 0.717) is 36.7 Å². The van der Waals surface area contributed by atoms with Crippen molar-refractivity contribution in [2.24, 2.45) is 4.99 Å². The van der Waals surface area contributed by atoms with Gasteiger partial charge in [0.25, 0.3) is 5.91 Å². The number of thioether (sulfide) groups is 1. The standard InChI is InChI=1S/C27H18BrCl2N3O3S/c1-35-23-11-15(10-20(28)24(23)36-13-17-7-8-18(29)12-21(17)30)9-19-25(31)33-22(16-5-3-2-4-6-16)14-37-27(33)32-26(19)34/h2-12,14,31H,13H2,1H3/b19-9-,31-25?. The minimum absolute atomic E-state index is 0.0582. The summed E-state index contributed by atoms with van der Waals surface area (Å²) in [6.07, 6.45) is 1.63. The summed E-state index contributed by atoms with van der Waals surface area (Å²) < 4.78 is 12.2. The number of nitrogens with zero attached hydrogens (tertiary/aromatic N) is 2. The number of aliphatic imine (C=N–C) groups is 1. The van der Waals surface area contributed by atoms with Crippen molar-refractivity contribution in [2.45, 2.75) is 6.61 Å². The number of nitrogens with one attached hydrogen (secondary N) is 1. The zero-order valence-corrected chi connectivity index (χ0v) is 23.2. The topological polar surface area (TPSA) is 75.0 Å². The second kappa shape index (κ2) is 10.8. The van der Waals surface area contributed by atoms with E-state index in [9.17, 15) is 4.79 Å². The third-order valence-electron chi connectivity index (χ3n) is 5.63. The van der Waals surface area contributed by atoms with Gasteiger partial charge in [-0.1, -0.05) is 71.4 Å². The fourth-order valence-electron chi connectivity index (χ4n) is 3.83. The molecule has 3 aromatic carbocycles. The second-order valence-electron chi connectivity index (χ2n) is 7.99. The zero-order valence-electron chi connectivity index (χ0n) is 19.3. The van der Waals surface area contributed by atoms with Crippen LogP contribution in [-0.2, 0) is 11.4 Å². The summed E-state index contributed by atoms with van der Waals surface area (Å²) >= 11 is 17.1. The molecule has 0 atom stereocenters. The molecule has 1 amide bonds. The Morgan fingerprint density at radius 2 is 1.92 bits per heavy atom.